The molecule has 0 spiro atoms. The smallest absolute Gasteiger partial charge is 0.462 e. The van der Waals surface area contributed by atoms with Gasteiger partial charge in [-0.05, 0) is 43.4 Å². The van der Waals surface area contributed by atoms with Crippen LogP contribution in [0.25, 0.3) is 0 Å². The lowest BCUT2D eigenvalue weighted by Gasteiger charge is -2.21. The van der Waals surface area contributed by atoms with E-state index in [1.165, 1.54) is 263 Å². The molecule has 0 aromatic carbocycles. The highest BCUT2D eigenvalue weighted by Gasteiger charge is 2.30. The summed E-state index contributed by atoms with van der Waals surface area (Å²) in [5.41, 5.74) is 0. The van der Waals surface area contributed by atoms with Crippen molar-refractivity contribution in [3.63, 3.8) is 0 Å². The minimum absolute atomic E-state index is 0.106. The van der Waals surface area contributed by atoms with Crippen molar-refractivity contribution in [1.82, 2.24) is 0 Å². The minimum Gasteiger partial charge on any atom is -0.462 e. The van der Waals surface area contributed by atoms with E-state index in [1.807, 2.05) is 0 Å². The Morgan fingerprint density at radius 2 is 0.438 bits per heavy atom. The number of unbranched alkanes of at least 4 members (excludes halogenated alkanes) is 52. The van der Waals surface area contributed by atoms with Crippen LogP contribution in [0.4, 0.5) is 0 Å². The van der Waals surface area contributed by atoms with E-state index in [0.717, 1.165) is 108 Å². The monoisotopic (exact) mass is 1540 g/mol. The van der Waals surface area contributed by atoms with E-state index >= 15 is 0 Å². The highest BCUT2D eigenvalue weighted by Crippen LogP contribution is 2.45. The molecule has 0 heterocycles. The summed E-state index contributed by atoms with van der Waals surface area (Å²) in [5, 5.41) is 10.7. The van der Waals surface area contributed by atoms with Gasteiger partial charge in [-0.25, -0.2) is 9.13 Å². The topological polar surface area (TPSA) is 237 Å². The number of ether oxygens (including phenoxy) is 4. The first-order valence-corrected chi connectivity index (χ1v) is 47.3. The fourth-order valence-corrected chi connectivity index (χ4v) is 14.9. The Morgan fingerprint density at radius 3 is 0.648 bits per heavy atom. The number of rotatable bonds is 84. The van der Waals surface area contributed by atoms with Gasteiger partial charge in [-0.1, -0.05) is 402 Å². The average molecular weight is 1540 g/mol. The molecule has 0 bridgehead atoms. The maximum Gasteiger partial charge on any atom is 0.472 e. The molecular weight excluding hydrogens is 1370 g/mol. The Kier molecular flexibility index (Phi) is 74.7. The van der Waals surface area contributed by atoms with E-state index in [1.54, 1.807) is 0 Å². The fourth-order valence-electron chi connectivity index (χ4n) is 13.4. The van der Waals surface area contributed by atoms with Crippen LogP contribution < -0.4 is 0 Å². The molecule has 0 saturated heterocycles. The molecule has 0 aromatic heterocycles. The van der Waals surface area contributed by atoms with Gasteiger partial charge in [0, 0.05) is 25.7 Å². The van der Waals surface area contributed by atoms with Crippen molar-refractivity contribution < 1.29 is 80.2 Å². The maximum absolute atomic E-state index is 13.1. The van der Waals surface area contributed by atoms with Crippen molar-refractivity contribution in [2.45, 2.75) is 471 Å². The first-order valence-electron chi connectivity index (χ1n) is 44.3. The quantitative estimate of drug-likeness (QED) is 0.0222. The minimum atomic E-state index is -4.97. The van der Waals surface area contributed by atoms with Gasteiger partial charge >= 0.3 is 39.5 Å². The van der Waals surface area contributed by atoms with E-state index < -0.39 is 97.5 Å². The van der Waals surface area contributed by atoms with Gasteiger partial charge in [-0.15, -0.1) is 0 Å². The van der Waals surface area contributed by atoms with Crippen LogP contribution in [0, 0.1) is 17.8 Å². The van der Waals surface area contributed by atoms with Crippen LogP contribution in [0.15, 0.2) is 0 Å². The summed E-state index contributed by atoms with van der Waals surface area (Å²) in [6.07, 6.45) is 66.8. The normalized spacial score (nSPS) is 13.9. The molecule has 0 aromatic rings. The Balaban J connectivity index is 5.23. The van der Waals surface area contributed by atoms with Crippen molar-refractivity contribution in [1.29, 1.82) is 0 Å². The molecule has 0 aliphatic rings. The number of carbonyl (C=O) groups excluding carboxylic acids is 4. The fraction of sp³-hybridized carbons (Fsp3) is 0.953. The molecule has 2 unspecified atom stereocenters. The molecule has 0 saturated carbocycles. The second-order valence-corrected chi connectivity index (χ2v) is 35.3. The molecule has 0 aliphatic heterocycles. The van der Waals surface area contributed by atoms with Crippen LogP contribution in [0.5, 0.6) is 0 Å². The van der Waals surface area contributed by atoms with E-state index in [4.69, 9.17) is 37.0 Å². The molecule has 624 valence electrons. The van der Waals surface area contributed by atoms with E-state index in [-0.39, 0.29) is 25.7 Å². The number of esters is 4. The molecule has 0 radical (unpaired) electrons. The number of hydrogen-bond acceptors (Lipinski definition) is 15. The van der Waals surface area contributed by atoms with Crippen LogP contribution in [0.1, 0.15) is 453 Å². The summed E-state index contributed by atoms with van der Waals surface area (Å²) < 4.78 is 68.9. The zero-order valence-electron chi connectivity index (χ0n) is 69.2. The number of carbonyl (C=O) groups is 4. The third kappa shape index (κ3) is 79.9. The van der Waals surface area contributed by atoms with Gasteiger partial charge in [0.05, 0.1) is 26.4 Å². The predicted octanol–water partition coefficient (Wildman–Crippen LogP) is 26.1. The molecule has 17 nitrogen and oxygen atoms in total. The number of aliphatic hydroxyl groups is 1. The molecular formula is C86H168O17P2. The van der Waals surface area contributed by atoms with Gasteiger partial charge in [-0.2, -0.15) is 0 Å². The number of aliphatic hydroxyl groups excluding tert-OH is 1. The summed E-state index contributed by atoms with van der Waals surface area (Å²) in [6, 6.07) is 0. The lowest BCUT2D eigenvalue weighted by molar-refractivity contribution is -0.161. The third-order valence-corrected chi connectivity index (χ3v) is 22.0. The molecule has 3 N–H and O–H groups in total. The maximum atomic E-state index is 13.1. The lowest BCUT2D eigenvalue weighted by atomic mass is 10.0. The van der Waals surface area contributed by atoms with Crippen LogP contribution in [0.3, 0.4) is 0 Å². The van der Waals surface area contributed by atoms with E-state index in [2.05, 4.69) is 48.5 Å². The SMILES string of the molecule is CCCCCCCCCCCCCCCCCCCCCCCC(=O)O[C@H](COC(=O)CCCCCCCCCCCCCCCCCCC(C)C)COP(=O)(O)OC[C@@H](O)COP(=O)(O)OC[C@@H](COC(=O)CCCCCCCCCCC(C)C)OC(=O)CCCCCCCCCCCCCC(C)C. The van der Waals surface area contributed by atoms with Gasteiger partial charge in [0.25, 0.3) is 0 Å². The molecule has 105 heavy (non-hydrogen) atoms. The second-order valence-electron chi connectivity index (χ2n) is 32.4. The van der Waals surface area contributed by atoms with Crippen LogP contribution >= 0.6 is 15.6 Å². The number of phosphoric acid groups is 2. The van der Waals surface area contributed by atoms with Crippen molar-refractivity contribution in [3.8, 4) is 0 Å². The van der Waals surface area contributed by atoms with Crippen LogP contribution in [-0.4, -0.2) is 96.7 Å². The Bertz CT molecular complexity index is 2030. The Morgan fingerprint density at radius 1 is 0.257 bits per heavy atom. The van der Waals surface area contributed by atoms with E-state index in [0.29, 0.717) is 25.7 Å². The molecule has 0 aliphatic carbocycles. The van der Waals surface area contributed by atoms with Crippen molar-refractivity contribution in [2.24, 2.45) is 17.8 Å². The summed E-state index contributed by atoms with van der Waals surface area (Å²) >= 11 is 0. The average Bonchev–Trinajstić information content (AvgIpc) is 0.907. The van der Waals surface area contributed by atoms with Crippen molar-refractivity contribution in [3.05, 3.63) is 0 Å². The molecule has 0 rings (SSSR count). The molecule has 5 atom stereocenters. The Hall–Kier alpha value is -1.94. The van der Waals surface area contributed by atoms with Gasteiger partial charge < -0.3 is 33.8 Å². The van der Waals surface area contributed by atoms with Crippen LogP contribution in [0.2, 0.25) is 0 Å². The highest BCUT2D eigenvalue weighted by atomic mass is 31.2. The standard InChI is InChI=1S/C86H168O17P2/c1-8-9-10-11-12-13-14-15-16-17-18-19-20-21-26-29-34-39-48-55-62-69-85(90)102-81(73-96-83(88)67-60-53-46-38-33-28-25-23-22-24-27-31-36-43-50-57-64-77(2)3)75-100-104(92,93)98-71-80(87)72-99-105(94,95)101-76-82(74-97-84(89)68-61-54-47-42-41-45-52-59-66-79(6)7)103-86(91)70-63-56-49-40-35-30-32-37-44-51-58-65-78(4)5/h77-82,87H,8-76H2,1-7H3,(H,92,93)(H,94,95)/t80-,81-,82-/m1/s1. The summed E-state index contributed by atoms with van der Waals surface area (Å²) in [5.74, 6) is 0.198. The molecule has 19 heteroatoms. The molecule has 0 amide bonds. The zero-order chi connectivity index (χ0) is 77.2. The van der Waals surface area contributed by atoms with Gasteiger partial charge in [-0.3, -0.25) is 37.3 Å². The first-order chi connectivity index (χ1) is 50.7. The van der Waals surface area contributed by atoms with Crippen molar-refractivity contribution >= 4 is 39.5 Å². The first kappa shape index (κ1) is 103. The number of phosphoric ester groups is 2. The van der Waals surface area contributed by atoms with Gasteiger partial charge in [0.1, 0.15) is 19.3 Å². The van der Waals surface area contributed by atoms with Gasteiger partial charge in [0.15, 0.2) is 12.2 Å². The third-order valence-electron chi connectivity index (χ3n) is 20.1. The molecule has 0 fully saturated rings. The zero-order valence-corrected chi connectivity index (χ0v) is 71.0. The Labute approximate surface area is 645 Å². The lowest BCUT2D eigenvalue weighted by Crippen LogP contribution is -2.30. The summed E-state index contributed by atoms with van der Waals surface area (Å²) in [6.45, 7) is 12.0. The highest BCUT2D eigenvalue weighted by molar-refractivity contribution is 7.47. The van der Waals surface area contributed by atoms with Gasteiger partial charge in [0.2, 0.25) is 0 Å². The predicted molar refractivity (Wildman–Crippen MR) is 432 cm³/mol. The second kappa shape index (κ2) is 76.1. The van der Waals surface area contributed by atoms with Crippen LogP contribution in [-0.2, 0) is 65.4 Å². The van der Waals surface area contributed by atoms with Crippen molar-refractivity contribution in [2.75, 3.05) is 39.6 Å². The largest absolute Gasteiger partial charge is 0.472 e. The summed E-state index contributed by atoms with van der Waals surface area (Å²) in [4.78, 5) is 73.2. The summed E-state index contributed by atoms with van der Waals surface area (Å²) in [7, 11) is -9.93. The van der Waals surface area contributed by atoms with E-state index in [9.17, 15) is 43.2 Å². The number of hydrogen-bond donors (Lipinski definition) is 3.